The molecule has 0 saturated carbocycles. The summed E-state index contributed by atoms with van der Waals surface area (Å²) in [5, 5.41) is 11.2. The number of aromatic carboxylic acids is 1. The van der Waals surface area contributed by atoms with Crippen LogP contribution in [0.1, 0.15) is 21.6 Å². The number of carboxylic acid groups (broad SMARTS) is 1. The number of nitrogens with one attached hydrogen (secondary N) is 1. The van der Waals surface area contributed by atoms with E-state index in [4.69, 9.17) is 0 Å². The predicted molar refractivity (Wildman–Crippen MR) is 58.4 cm³/mol. The first-order valence-corrected chi connectivity index (χ1v) is 4.85. The third-order valence-electron chi connectivity index (χ3n) is 2.55. The van der Waals surface area contributed by atoms with Gasteiger partial charge in [-0.3, -0.25) is 4.79 Å². The second-order valence-electron chi connectivity index (χ2n) is 3.79. The minimum absolute atomic E-state index is 0.293. The first-order valence-electron chi connectivity index (χ1n) is 4.85. The van der Waals surface area contributed by atoms with Crippen molar-refractivity contribution in [2.24, 2.45) is 0 Å². The highest BCUT2D eigenvalue weighted by Gasteiger charge is 2.09. The number of fused-ring (bicyclic) bond motifs is 1. The normalized spacial score (nSPS) is 10.6. The van der Waals surface area contributed by atoms with Crippen molar-refractivity contribution in [2.75, 3.05) is 0 Å². The topological polar surface area (TPSA) is 73.0 Å². The van der Waals surface area contributed by atoms with E-state index in [0.29, 0.717) is 16.6 Å². The van der Waals surface area contributed by atoms with E-state index in [-0.39, 0.29) is 5.56 Å². The quantitative estimate of drug-likeness (QED) is 0.754. The van der Waals surface area contributed by atoms with Gasteiger partial charge in [-0.25, -0.2) is 0 Å². The number of rotatable bonds is 1. The van der Waals surface area contributed by atoms with Crippen molar-refractivity contribution in [1.29, 1.82) is 0 Å². The van der Waals surface area contributed by atoms with Crippen molar-refractivity contribution in [1.82, 2.24) is 4.98 Å². The Morgan fingerprint density at radius 3 is 2.62 bits per heavy atom. The van der Waals surface area contributed by atoms with Gasteiger partial charge in [0.25, 0.3) is 0 Å². The van der Waals surface area contributed by atoms with Gasteiger partial charge in [0.2, 0.25) is 0 Å². The average Bonchev–Trinajstić information content (AvgIpc) is 2.19. The van der Waals surface area contributed by atoms with Gasteiger partial charge in [0.05, 0.1) is 11.5 Å². The zero-order valence-corrected chi connectivity index (χ0v) is 8.96. The summed E-state index contributed by atoms with van der Waals surface area (Å²) >= 11 is 0. The molecule has 82 valence electrons. The fourth-order valence-electron chi connectivity index (χ4n) is 1.77. The van der Waals surface area contributed by atoms with Gasteiger partial charge >= 0.3 is 0 Å². The number of carbonyl (C=O) groups excluding carboxylic acids is 1. The van der Waals surface area contributed by atoms with Crippen LogP contribution in [0.4, 0.5) is 0 Å². The summed E-state index contributed by atoms with van der Waals surface area (Å²) in [6, 6.07) is 5.29. The summed E-state index contributed by atoms with van der Waals surface area (Å²) < 4.78 is 0. The second-order valence-corrected chi connectivity index (χ2v) is 3.79. The molecule has 1 N–H and O–H groups in total. The zero-order chi connectivity index (χ0) is 11.9. The SMILES string of the molecule is Cc1ccc2[nH]c(C)c(C(=O)[O-])c(=O)c2c1. The van der Waals surface area contributed by atoms with E-state index in [9.17, 15) is 14.7 Å². The van der Waals surface area contributed by atoms with Crippen LogP contribution in [0.15, 0.2) is 23.0 Å². The summed E-state index contributed by atoms with van der Waals surface area (Å²) in [7, 11) is 0. The van der Waals surface area contributed by atoms with E-state index >= 15 is 0 Å². The predicted octanol–water partition coefficient (Wildman–Crippen LogP) is 0.508. The molecule has 2 rings (SSSR count). The minimum atomic E-state index is -1.44. The number of aromatic nitrogens is 1. The molecule has 0 amide bonds. The lowest BCUT2D eigenvalue weighted by Gasteiger charge is -2.08. The van der Waals surface area contributed by atoms with E-state index in [1.54, 1.807) is 19.1 Å². The van der Waals surface area contributed by atoms with E-state index < -0.39 is 11.4 Å². The molecule has 1 heterocycles. The van der Waals surface area contributed by atoms with Gasteiger partial charge in [0, 0.05) is 16.6 Å². The first kappa shape index (κ1) is 10.4. The van der Waals surface area contributed by atoms with Crippen LogP contribution in [0.2, 0.25) is 0 Å². The van der Waals surface area contributed by atoms with Crippen molar-refractivity contribution in [3.05, 3.63) is 45.2 Å². The Morgan fingerprint density at radius 1 is 1.31 bits per heavy atom. The van der Waals surface area contributed by atoms with Crippen LogP contribution < -0.4 is 10.5 Å². The van der Waals surface area contributed by atoms with E-state index in [1.807, 2.05) is 13.0 Å². The fraction of sp³-hybridized carbons (Fsp3) is 0.167. The molecule has 0 radical (unpaired) electrons. The number of benzene rings is 1. The molecule has 0 saturated heterocycles. The minimum Gasteiger partial charge on any atom is -0.545 e. The Hall–Kier alpha value is -2.10. The summed E-state index contributed by atoms with van der Waals surface area (Å²) in [6.45, 7) is 3.39. The molecular weight excluding hydrogens is 206 g/mol. The standard InChI is InChI=1S/C12H11NO3/c1-6-3-4-9-8(5-6)11(14)10(12(15)16)7(2)13-9/h3-5H,1-2H3,(H,13,14)(H,15,16)/p-1. The Labute approximate surface area is 91.5 Å². The highest BCUT2D eigenvalue weighted by atomic mass is 16.4. The molecule has 16 heavy (non-hydrogen) atoms. The van der Waals surface area contributed by atoms with Gasteiger partial charge < -0.3 is 14.9 Å². The maximum atomic E-state index is 11.9. The monoisotopic (exact) mass is 216 g/mol. The van der Waals surface area contributed by atoms with Gasteiger partial charge in [-0.2, -0.15) is 0 Å². The number of aryl methyl sites for hydroxylation is 2. The van der Waals surface area contributed by atoms with Crippen molar-refractivity contribution in [3.63, 3.8) is 0 Å². The second kappa shape index (κ2) is 3.48. The van der Waals surface area contributed by atoms with E-state index in [1.165, 1.54) is 0 Å². The van der Waals surface area contributed by atoms with Crippen molar-refractivity contribution in [2.45, 2.75) is 13.8 Å². The lowest BCUT2D eigenvalue weighted by molar-refractivity contribution is -0.255. The smallest absolute Gasteiger partial charge is 0.198 e. The number of pyridine rings is 1. The van der Waals surface area contributed by atoms with Gasteiger partial charge in [-0.1, -0.05) is 11.6 Å². The highest BCUT2D eigenvalue weighted by molar-refractivity contribution is 5.92. The van der Waals surface area contributed by atoms with Crippen LogP contribution in [-0.4, -0.2) is 11.0 Å². The number of hydrogen-bond acceptors (Lipinski definition) is 3. The molecule has 0 unspecified atom stereocenters. The molecule has 0 aliphatic carbocycles. The molecule has 0 atom stereocenters. The van der Waals surface area contributed by atoms with Crippen molar-refractivity contribution < 1.29 is 9.90 Å². The van der Waals surface area contributed by atoms with Crippen molar-refractivity contribution >= 4 is 16.9 Å². The molecule has 0 bridgehead atoms. The number of H-pyrrole nitrogens is 1. The third-order valence-corrected chi connectivity index (χ3v) is 2.55. The van der Waals surface area contributed by atoms with Crippen LogP contribution in [0, 0.1) is 13.8 Å². The van der Waals surface area contributed by atoms with Crippen molar-refractivity contribution in [3.8, 4) is 0 Å². The largest absolute Gasteiger partial charge is 0.545 e. The zero-order valence-electron chi connectivity index (χ0n) is 8.96. The molecule has 2 aromatic rings. The number of hydrogen-bond donors (Lipinski definition) is 1. The summed E-state index contributed by atoms with van der Waals surface area (Å²) in [4.78, 5) is 25.6. The molecule has 4 nitrogen and oxygen atoms in total. The maximum Gasteiger partial charge on any atom is 0.198 e. The number of carboxylic acids is 1. The lowest BCUT2D eigenvalue weighted by Crippen LogP contribution is -2.30. The fourth-order valence-corrected chi connectivity index (χ4v) is 1.77. The Kier molecular flexibility index (Phi) is 2.27. The van der Waals surface area contributed by atoms with Crippen LogP contribution in [0.5, 0.6) is 0 Å². The molecular formula is C12H10NO3-. The lowest BCUT2D eigenvalue weighted by atomic mass is 10.1. The van der Waals surface area contributed by atoms with Gasteiger partial charge in [-0.05, 0) is 26.0 Å². The molecule has 1 aromatic carbocycles. The van der Waals surface area contributed by atoms with E-state index in [0.717, 1.165) is 5.56 Å². The van der Waals surface area contributed by atoms with E-state index in [2.05, 4.69) is 4.98 Å². The third kappa shape index (κ3) is 1.48. The summed E-state index contributed by atoms with van der Waals surface area (Å²) in [5.74, 6) is -1.44. The van der Waals surface area contributed by atoms with Crippen LogP contribution >= 0.6 is 0 Å². The highest BCUT2D eigenvalue weighted by Crippen LogP contribution is 2.12. The molecule has 0 aliphatic rings. The molecule has 4 heteroatoms. The molecule has 0 spiro atoms. The number of carbonyl (C=O) groups is 1. The average molecular weight is 216 g/mol. The van der Waals surface area contributed by atoms with Gasteiger partial charge in [0.1, 0.15) is 0 Å². The molecule has 0 fully saturated rings. The van der Waals surface area contributed by atoms with Crippen LogP contribution in [-0.2, 0) is 0 Å². The Morgan fingerprint density at radius 2 is 2.00 bits per heavy atom. The number of aromatic amines is 1. The van der Waals surface area contributed by atoms with Crippen LogP contribution in [0.3, 0.4) is 0 Å². The van der Waals surface area contributed by atoms with Gasteiger partial charge in [-0.15, -0.1) is 0 Å². The Bertz CT molecular complexity index is 640. The Balaban J connectivity index is 2.96. The summed E-state index contributed by atoms with van der Waals surface area (Å²) in [5.41, 5.74) is 1.08. The maximum absolute atomic E-state index is 11.9. The molecule has 0 aliphatic heterocycles. The van der Waals surface area contributed by atoms with Crippen LogP contribution in [0.25, 0.3) is 10.9 Å². The molecule has 1 aromatic heterocycles. The first-order chi connectivity index (χ1) is 7.50. The summed E-state index contributed by atoms with van der Waals surface area (Å²) in [6.07, 6.45) is 0. The van der Waals surface area contributed by atoms with Gasteiger partial charge in [0.15, 0.2) is 5.43 Å².